The van der Waals surface area contributed by atoms with Gasteiger partial charge >= 0.3 is 0 Å². The Bertz CT molecular complexity index is 572. The number of nitrogens with one attached hydrogen (secondary N) is 2. The molecule has 0 saturated heterocycles. The molecule has 0 bridgehead atoms. The van der Waals surface area contributed by atoms with Crippen LogP contribution in [0.5, 0.6) is 0 Å². The quantitative estimate of drug-likeness (QED) is 0.650. The average Bonchev–Trinajstić information content (AvgIpc) is 2.91. The third kappa shape index (κ3) is 4.67. The van der Waals surface area contributed by atoms with Gasteiger partial charge in [0.1, 0.15) is 0 Å². The number of hydrogen-bond acceptors (Lipinski definition) is 2. The van der Waals surface area contributed by atoms with Crippen molar-refractivity contribution in [3.05, 3.63) is 47.0 Å². The van der Waals surface area contributed by atoms with Crippen molar-refractivity contribution in [3.8, 4) is 0 Å². The van der Waals surface area contributed by atoms with Crippen LogP contribution in [0.25, 0.3) is 0 Å². The zero-order valence-corrected chi connectivity index (χ0v) is 13.0. The van der Waals surface area contributed by atoms with Gasteiger partial charge < -0.3 is 15.2 Å². The van der Waals surface area contributed by atoms with Crippen molar-refractivity contribution < 1.29 is 0 Å². The molecule has 4 nitrogen and oxygen atoms in total. The highest BCUT2D eigenvalue weighted by atomic mass is 35.5. The van der Waals surface area contributed by atoms with Gasteiger partial charge in [0.2, 0.25) is 0 Å². The molecule has 1 heterocycles. The molecule has 2 rings (SSSR count). The van der Waals surface area contributed by atoms with E-state index in [2.05, 4.69) is 15.6 Å². The molecular formula is C13H14Cl2N4S. The van der Waals surface area contributed by atoms with Crippen molar-refractivity contribution in [2.45, 2.75) is 13.0 Å². The number of hydrogen-bond donors (Lipinski definition) is 2. The van der Waals surface area contributed by atoms with Crippen LogP contribution >= 0.6 is 35.4 Å². The first-order valence-electron chi connectivity index (χ1n) is 6.11. The van der Waals surface area contributed by atoms with Gasteiger partial charge in [0, 0.05) is 30.5 Å². The lowest BCUT2D eigenvalue weighted by atomic mass is 10.3. The summed E-state index contributed by atoms with van der Waals surface area (Å²) in [6.07, 6.45) is 6.45. The minimum atomic E-state index is 0.542. The summed E-state index contributed by atoms with van der Waals surface area (Å²) in [5.74, 6) is 0. The standard InChI is InChI=1S/C13H14Cl2N4S/c14-10-2-3-12(11(15)8-10)18-13(20)17-4-1-6-19-7-5-16-9-19/h2-3,5,7-9H,1,4,6H2,(H2,17,18,20). The van der Waals surface area contributed by atoms with Crippen LogP contribution in [-0.2, 0) is 6.54 Å². The van der Waals surface area contributed by atoms with Crippen LogP contribution in [0.4, 0.5) is 5.69 Å². The largest absolute Gasteiger partial charge is 0.362 e. The zero-order valence-electron chi connectivity index (χ0n) is 10.6. The number of rotatable bonds is 5. The second-order valence-electron chi connectivity index (χ2n) is 4.16. The van der Waals surface area contributed by atoms with E-state index in [4.69, 9.17) is 35.4 Å². The molecule has 2 N–H and O–H groups in total. The first-order valence-corrected chi connectivity index (χ1v) is 7.27. The van der Waals surface area contributed by atoms with Gasteiger partial charge in [0.15, 0.2) is 5.11 Å². The predicted molar refractivity (Wildman–Crippen MR) is 87.5 cm³/mol. The summed E-state index contributed by atoms with van der Waals surface area (Å²) in [4.78, 5) is 3.99. The summed E-state index contributed by atoms with van der Waals surface area (Å²) in [6, 6.07) is 5.23. The van der Waals surface area contributed by atoms with Crippen LogP contribution < -0.4 is 10.6 Å². The minimum Gasteiger partial charge on any atom is -0.362 e. The third-order valence-electron chi connectivity index (χ3n) is 2.62. The lowest BCUT2D eigenvalue weighted by molar-refractivity contribution is 0.632. The van der Waals surface area contributed by atoms with Gasteiger partial charge in [-0.25, -0.2) is 4.98 Å². The van der Waals surface area contributed by atoms with E-state index in [1.54, 1.807) is 30.7 Å². The van der Waals surface area contributed by atoms with Gasteiger partial charge in [-0.2, -0.15) is 0 Å². The molecule has 7 heteroatoms. The SMILES string of the molecule is S=C(NCCCn1ccnc1)Nc1ccc(Cl)cc1Cl. The third-order valence-corrected chi connectivity index (χ3v) is 3.41. The van der Waals surface area contributed by atoms with E-state index in [0.717, 1.165) is 25.2 Å². The Kier molecular flexibility index (Phi) is 5.64. The van der Waals surface area contributed by atoms with Gasteiger partial charge in [-0.15, -0.1) is 0 Å². The molecule has 0 aliphatic heterocycles. The average molecular weight is 329 g/mol. The molecule has 0 aliphatic rings. The maximum absolute atomic E-state index is 6.06. The molecule has 0 atom stereocenters. The van der Waals surface area contributed by atoms with Gasteiger partial charge in [-0.05, 0) is 36.8 Å². The number of imidazole rings is 1. The second-order valence-corrected chi connectivity index (χ2v) is 5.41. The fraction of sp³-hybridized carbons (Fsp3) is 0.231. The van der Waals surface area contributed by atoms with Crippen molar-refractivity contribution in [2.24, 2.45) is 0 Å². The number of anilines is 1. The number of halogens is 2. The molecule has 1 aromatic carbocycles. The fourth-order valence-electron chi connectivity index (χ4n) is 1.64. The van der Waals surface area contributed by atoms with Crippen molar-refractivity contribution in [1.29, 1.82) is 0 Å². The van der Waals surface area contributed by atoms with Crippen molar-refractivity contribution in [3.63, 3.8) is 0 Å². The first-order chi connectivity index (χ1) is 9.65. The van der Waals surface area contributed by atoms with Gasteiger partial charge in [0.25, 0.3) is 0 Å². The Morgan fingerprint density at radius 3 is 2.90 bits per heavy atom. The molecular weight excluding hydrogens is 315 g/mol. The number of aromatic nitrogens is 2. The molecule has 2 aromatic rings. The minimum absolute atomic E-state index is 0.542. The maximum atomic E-state index is 6.06. The van der Waals surface area contributed by atoms with Crippen molar-refractivity contribution >= 4 is 46.2 Å². The van der Waals surface area contributed by atoms with Crippen molar-refractivity contribution in [1.82, 2.24) is 14.9 Å². The van der Waals surface area contributed by atoms with Crippen LogP contribution in [-0.4, -0.2) is 21.2 Å². The monoisotopic (exact) mass is 328 g/mol. The zero-order chi connectivity index (χ0) is 14.4. The highest BCUT2D eigenvalue weighted by Crippen LogP contribution is 2.25. The van der Waals surface area contributed by atoms with Crippen molar-refractivity contribution in [2.75, 3.05) is 11.9 Å². The lowest BCUT2D eigenvalue weighted by Gasteiger charge is -2.12. The number of thiocarbonyl (C=S) groups is 1. The molecule has 106 valence electrons. The summed E-state index contributed by atoms with van der Waals surface area (Å²) in [6.45, 7) is 1.67. The first kappa shape index (κ1) is 15.1. The van der Waals surface area contributed by atoms with Gasteiger partial charge in [0.05, 0.1) is 17.0 Å². The highest BCUT2D eigenvalue weighted by Gasteiger charge is 2.03. The summed E-state index contributed by atoms with van der Waals surface area (Å²) in [5, 5.41) is 7.85. The summed E-state index contributed by atoms with van der Waals surface area (Å²) < 4.78 is 2.02. The van der Waals surface area contributed by atoms with Crippen LogP contribution in [0.15, 0.2) is 36.9 Å². The number of benzene rings is 1. The highest BCUT2D eigenvalue weighted by molar-refractivity contribution is 7.80. The summed E-state index contributed by atoms with van der Waals surface area (Å²) in [7, 11) is 0. The predicted octanol–water partition coefficient (Wildman–Crippen LogP) is 3.57. The Morgan fingerprint density at radius 2 is 2.20 bits per heavy atom. The second kappa shape index (κ2) is 7.47. The molecule has 1 aromatic heterocycles. The van der Waals surface area contributed by atoms with E-state index < -0.39 is 0 Å². The maximum Gasteiger partial charge on any atom is 0.170 e. The summed E-state index contributed by atoms with van der Waals surface area (Å²) >= 11 is 17.1. The molecule has 0 saturated carbocycles. The fourth-order valence-corrected chi connectivity index (χ4v) is 2.31. The molecule has 0 aliphatic carbocycles. The lowest BCUT2D eigenvalue weighted by Crippen LogP contribution is -2.29. The Morgan fingerprint density at radius 1 is 1.35 bits per heavy atom. The van der Waals surface area contributed by atoms with E-state index >= 15 is 0 Å². The Balaban J connectivity index is 1.72. The molecule has 0 amide bonds. The van der Waals surface area contributed by atoms with Crippen LogP contribution in [0.1, 0.15) is 6.42 Å². The normalized spacial score (nSPS) is 10.3. The Labute approximate surface area is 133 Å². The van der Waals surface area contributed by atoms with E-state index in [-0.39, 0.29) is 0 Å². The van der Waals surface area contributed by atoms with Crippen LogP contribution in [0, 0.1) is 0 Å². The molecule has 0 spiro atoms. The Hall–Kier alpha value is -1.30. The smallest absolute Gasteiger partial charge is 0.170 e. The van der Waals surface area contributed by atoms with E-state index in [0.29, 0.717) is 15.2 Å². The number of nitrogens with zero attached hydrogens (tertiary/aromatic N) is 2. The van der Waals surface area contributed by atoms with Crippen LogP contribution in [0.3, 0.4) is 0 Å². The van der Waals surface area contributed by atoms with Crippen LogP contribution in [0.2, 0.25) is 10.0 Å². The van der Waals surface area contributed by atoms with E-state index in [9.17, 15) is 0 Å². The molecule has 0 unspecified atom stereocenters. The molecule has 0 fully saturated rings. The molecule has 20 heavy (non-hydrogen) atoms. The van der Waals surface area contributed by atoms with Gasteiger partial charge in [-0.1, -0.05) is 23.2 Å². The number of aryl methyl sites for hydroxylation is 1. The summed E-state index contributed by atoms with van der Waals surface area (Å²) in [5.41, 5.74) is 0.739. The topological polar surface area (TPSA) is 41.9 Å². The molecule has 0 radical (unpaired) electrons. The van der Waals surface area contributed by atoms with Gasteiger partial charge in [-0.3, -0.25) is 0 Å². The van der Waals surface area contributed by atoms with E-state index in [1.165, 1.54) is 0 Å². The van der Waals surface area contributed by atoms with E-state index in [1.807, 2.05) is 10.8 Å².